The number of rotatable bonds is 5. The van der Waals surface area contributed by atoms with Gasteiger partial charge in [0.05, 0.1) is 5.56 Å². The minimum Gasteiger partial charge on any atom is -0.445 e. The number of hydrogen-bond acceptors (Lipinski definition) is 3. The third-order valence-corrected chi connectivity index (χ3v) is 3.84. The number of carbonyl (C=O) groups is 2. The van der Waals surface area contributed by atoms with Gasteiger partial charge in [0.2, 0.25) is 5.78 Å². The van der Waals surface area contributed by atoms with Crippen LogP contribution in [0, 0.1) is 17.5 Å². The largest absolute Gasteiger partial charge is 0.445 e. The van der Waals surface area contributed by atoms with Crippen LogP contribution in [-0.4, -0.2) is 11.8 Å². The molecule has 1 atom stereocenters. The molecule has 0 N–H and O–H groups in total. The maximum absolute atomic E-state index is 13.2. The maximum atomic E-state index is 13.2. The van der Waals surface area contributed by atoms with E-state index in [0.29, 0.717) is 0 Å². The second-order valence-electron chi connectivity index (χ2n) is 5.71. The van der Waals surface area contributed by atoms with E-state index in [1.165, 1.54) is 36.4 Å². The summed E-state index contributed by atoms with van der Waals surface area (Å²) in [5, 5.41) is 0. The van der Waals surface area contributed by atoms with Gasteiger partial charge in [-0.05, 0) is 60.7 Å². The highest BCUT2D eigenvalue weighted by atomic mass is 19.1. The van der Waals surface area contributed by atoms with Crippen molar-refractivity contribution in [3.05, 3.63) is 107 Å². The standard InChI is InChI=1S/C21H13F3O3/c22-16-7-1-13(2-8-16)19(25)20(14-3-9-17(23)10-4-14)27-21(26)15-5-11-18(24)12-6-15/h1-12,20H. The highest BCUT2D eigenvalue weighted by molar-refractivity contribution is 6.02. The molecule has 0 saturated heterocycles. The summed E-state index contributed by atoms with van der Waals surface area (Å²) < 4.78 is 44.7. The molecule has 0 radical (unpaired) electrons. The second kappa shape index (κ2) is 7.86. The highest BCUT2D eigenvalue weighted by Crippen LogP contribution is 2.25. The lowest BCUT2D eigenvalue weighted by Gasteiger charge is -2.17. The van der Waals surface area contributed by atoms with Crippen molar-refractivity contribution in [1.29, 1.82) is 0 Å². The van der Waals surface area contributed by atoms with E-state index in [1.807, 2.05) is 0 Å². The van der Waals surface area contributed by atoms with Crippen LogP contribution in [0.2, 0.25) is 0 Å². The molecule has 0 aliphatic heterocycles. The Bertz CT molecular complexity index is 949. The summed E-state index contributed by atoms with van der Waals surface area (Å²) in [5.74, 6) is -3.01. The van der Waals surface area contributed by atoms with Gasteiger partial charge >= 0.3 is 5.97 Å². The molecule has 0 aromatic heterocycles. The molecule has 6 heteroatoms. The number of ketones is 1. The Labute approximate surface area is 153 Å². The Morgan fingerprint density at radius 1 is 0.630 bits per heavy atom. The lowest BCUT2D eigenvalue weighted by Crippen LogP contribution is -2.20. The maximum Gasteiger partial charge on any atom is 0.339 e. The van der Waals surface area contributed by atoms with Crippen LogP contribution >= 0.6 is 0 Å². The van der Waals surface area contributed by atoms with E-state index in [-0.39, 0.29) is 16.7 Å². The van der Waals surface area contributed by atoms with Gasteiger partial charge in [0.25, 0.3) is 0 Å². The first-order valence-electron chi connectivity index (χ1n) is 7.96. The number of esters is 1. The van der Waals surface area contributed by atoms with Crippen molar-refractivity contribution in [2.45, 2.75) is 6.10 Å². The summed E-state index contributed by atoms with van der Waals surface area (Å²) in [6.45, 7) is 0. The summed E-state index contributed by atoms with van der Waals surface area (Å²) in [7, 11) is 0. The summed E-state index contributed by atoms with van der Waals surface area (Å²) in [6, 6.07) is 14.3. The number of hydrogen-bond donors (Lipinski definition) is 0. The molecule has 1 unspecified atom stereocenters. The average molecular weight is 370 g/mol. The minimum atomic E-state index is -1.37. The van der Waals surface area contributed by atoms with Gasteiger partial charge in [0.1, 0.15) is 17.5 Å². The van der Waals surface area contributed by atoms with Gasteiger partial charge < -0.3 is 4.74 Å². The topological polar surface area (TPSA) is 43.4 Å². The quantitative estimate of drug-likeness (QED) is 0.475. The monoisotopic (exact) mass is 370 g/mol. The zero-order valence-corrected chi connectivity index (χ0v) is 13.9. The van der Waals surface area contributed by atoms with Crippen LogP contribution in [0.1, 0.15) is 32.4 Å². The predicted molar refractivity (Wildman–Crippen MR) is 91.7 cm³/mol. The van der Waals surface area contributed by atoms with Gasteiger partial charge in [-0.25, -0.2) is 18.0 Å². The van der Waals surface area contributed by atoms with Crippen molar-refractivity contribution in [1.82, 2.24) is 0 Å². The van der Waals surface area contributed by atoms with Crippen molar-refractivity contribution in [3.63, 3.8) is 0 Å². The summed E-state index contributed by atoms with van der Waals surface area (Å²) in [6.07, 6.45) is -1.37. The van der Waals surface area contributed by atoms with Crippen molar-refractivity contribution in [2.75, 3.05) is 0 Å². The van der Waals surface area contributed by atoms with E-state index in [9.17, 15) is 22.8 Å². The Kier molecular flexibility index (Phi) is 5.35. The number of benzene rings is 3. The third-order valence-electron chi connectivity index (χ3n) is 3.84. The molecule has 0 aliphatic rings. The Hall–Kier alpha value is -3.41. The van der Waals surface area contributed by atoms with Crippen molar-refractivity contribution in [3.8, 4) is 0 Å². The molecular formula is C21H13F3O3. The van der Waals surface area contributed by atoms with Crippen LogP contribution in [0.25, 0.3) is 0 Å². The minimum absolute atomic E-state index is 0.0513. The Balaban J connectivity index is 1.93. The normalized spacial score (nSPS) is 11.7. The van der Waals surface area contributed by atoms with E-state index in [0.717, 1.165) is 36.4 Å². The Morgan fingerprint density at radius 3 is 1.52 bits per heavy atom. The SMILES string of the molecule is O=C(OC(C(=O)c1ccc(F)cc1)c1ccc(F)cc1)c1ccc(F)cc1. The average Bonchev–Trinajstić information content (AvgIpc) is 2.67. The van der Waals surface area contributed by atoms with Crippen LogP contribution < -0.4 is 0 Å². The van der Waals surface area contributed by atoms with Gasteiger partial charge in [-0.2, -0.15) is 0 Å². The first-order valence-corrected chi connectivity index (χ1v) is 7.96. The predicted octanol–water partition coefficient (Wildman–Crippen LogP) is 4.88. The molecule has 0 fully saturated rings. The van der Waals surface area contributed by atoms with E-state index in [4.69, 9.17) is 4.74 Å². The molecule has 0 heterocycles. The second-order valence-corrected chi connectivity index (χ2v) is 5.71. The molecule has 136 valence electrons. The van der Waals surface area contributed by atoms with Gasteiger partial charge in [-0.15, -0.1) is 0 Å². The molecule has 0 spiro atoms. The van der Waals surface area contributed by atoms with Crippen molar-refractivity contribution >= 4 is 11.8 Å². The van der Waals surface area contributed by atoms with E-state index >= 15 is 0 Å². The fraction of sp³-hybridized carbons (Fsp3) is 0.0476. The van der Waals surface area contributed by atoms with Gasteiger partial charge in [-0.3, -0.25) is 4.79 Å². The van der Waals surface area contributed by atoms with Gasteiger partial charge in [-0.1, -0.05) is 12.1 Å². The summed E-state index contributed by atoms with van der Waals surface area (Å²) in [4.78, 5) is 25.2. The highest BCUT2D eigenvalue weighted by Gasteiger charge is 2.27. The zero-order chi connectivity index (χ0) is 19.4. The number of Topliss-reactive ketones (excluding diaryl/α,β-unsaturated/α-hetero) is 1. The third kappa shape index (κ3) is 4.41. The molecule has 0 amide bonds. The summed E-state index contributed by atoms with van der Waals surface area (Å²) in [5.41, 5.74) is 0.425. The fourth-order valence-electron chi connectivity index (χ4n) is 2.44. The first kappa shape index (κ1) is 18.4. The van der Waals surface area contributed by atoms with Crippen LogP contribution in [0.15, 0.2) is 72.8 Å². The van der Waals surface area contributed by atoms with E-state index in [1.54, 1.807) is 0 Å². The zero-order valence-electron chi connectivity index (χ0n) is 13.9. The smallest absolute Gasteiger partial charge is 0.339 e. The van der Waals surface area contributed by atoms with Crippen LogP contribution in [0.3, 0.4) is 0 Å². The van der Waals surface area contributed by atoms with Gasteiger partial charge in [0.15, 0.2) is 6.10 Å². The van der Waals surface area contributed by atoms with E-state index in [2.05, 4.69) is 0 Å². The lowest BCUT2D eigenvalue weighted by atomic mass is 9.99. The Morgan fingerprint density at radius 2 is 1.04 bits per heavy atom. The van der Waals surface area contributed by atoms with Crippen molar-refractivity contribution < 1.29 is 27.5 Å². The number of halogens is 3. The number of carbonyl (C=O) groups excluding carboxylic acids is 2. The molecule has 0 aliphatic carbocycles. The van der Waals surface area contributed by atoms with Crippen LogP contribution in [0.5, 0.6) is 0 Å². The molecule has 0 saturated carbocycles. The summed E-state index contributed by atoms with van der Waals surface area (Å²) >= 11 is 0. The molecule has 3 nitrogen and oxygen atoms in total. The first-order chi connectivity index (χ1) is 12.9. The van der Waals surface area contributed by atoms with Gasteiger partial charge in [0, 0.05) is 11.1 Å². The molecule has 27 heavy (non-hydrogen) atoms. The molecular weight excluding hydrogens is 357 g/mol. The molecule has 3 aromatic carbocycles. The lowest BCUT2D eigenvalue weighted by molar-refractivity contribution is 0.0280. The molecule has 3 rings (SSSR count). The number of ether oxygens (including phenoxy) is 1. The van der Waals surface area contributed by atoms with E-state index < -0.39 is 35.3 Å². The van der Waals surface area contributed by atoms with Crippen LogP contribution in [0.4, 0.5) is 13.2 Å². The van der Waals surface area contributed by atoms with Crippen molar-refractivity contribution in [2.24, 2.45) is 0 Å². The van der Waals surface area contributed by atoms with Crippen LogP contribution in [-0.2, 0) is 4.74 Å². The fourth-order valence-corrected chi connectivity index (χ4v) is 2.44. The molecule has 0 bridgehead atoms. The molecule has 3 aromatic rings.